The number of hydrogen-bond acceptors (Lipinski definition) is 6. The van der Waals surface area contributed by atoms with E-state index in [-0.39, 0.29) is 6.29 Å². The molecule has 0 radical (unpaired) electrons. The number of ether oxygens (including phenoxy) is 3. The van der Waals surface area contributed by atoms with Gasteiger partial charge in [0.1, 0.15) is 11.5 Å². The maximum Gasteiger partial charge on any atom is 0.184 e. The summed E-state index contributed by atoms with van der Waals surface area (Å²) >= 11 is 0. The number of anilines is 1. The first-order chi connectivity index (χ1) is 16.8. The molecule has 0 aliphatic carbocycles. The van der Waals surface area contributed by atoms with Crippen molar-refractivity contribution in [1.29, 1.82) is 0 Å². The minimum atomic E-state index is -0.342. The largest absolute Gasteiger partial charge is 0.457 e. The van der Waals surface area contributed by atoms with Gasteiger partial charge in [0.2, 0.25) is 0 Å². The molecule has 1 saturated heterocycles. The number of pyridine rings is 1. The summed E-state index contributed by atoms with van der Waals surface area (Å²) in [6.45, 7) is 1.20. The van der Waals surface area contributed by atoms with Crippen LogP contribution in [0.5, 0.6) is 11.5 Å². The molecule has 3 heterocycles. The lowest BCUT2D eigenvalue weighted by Gasteiger charge is -2.12. The topological polar surface area (TPSA) is 95.3 Å². The van der Waals surface area contributed by atoms with Crippen LogP contribution in [0, 0.1) is 0 Å². The molecular formula is C27H22N4O3. The van der Waals surface area contributed by atoms with Gasteiger partial charge in [-0.15, -0.1) is 0 Å². The third kappa shape index (κ3) is 3.77. The highest BCUT2D eigenvalue weighted by Gasteiger charge is 2.20. The lowest BCUT2D eigenvalue weighted by Crippen LogP contribution is -1.98. The van der Waals surface area contributed by atoms with Gasteiger partial charge >= 0.3 is 0 Å². The average molecular weight is 450 g/mol. The van der Waals surface area contributed by atoms with Crippen molar-refractivity contribution in [2.24, 2.45) is 0 Å². The number of aromatic amines is 1. The molecule has 34 heavy (non-hydrogen) atoms. The number of para-hydroxylation sites is 1. The number of benzene rings is 3. The lowest BCUT2D eigenvalue weighted by molar-refractivity contribution is -0.0440. The monoisotopic (exact) mass is 450 g/mol. The van der Waals surface area contributed by atoms with Gasteiger partial charge in [-0.2, -0.15) is 5.10 Å². The fourth-order valence-electron chi connectivity index (χ4n) is 4.20. The normalized spacial score (nSPS) is 14.0. The standard InChI is InChI=1S/C27H22N4O3/c28-26-23-24(17-9-11-21(12-10-17)34-20-7-2-1-3-8-20)29-16-22(25(23)30-31-26)18-5-4-6-19(15-18)27-32-13-14-33-27/h1-12,15-16,27H,13-14H2,(H3,28,30,31). The van der Waals surface area contributed by atoms with Crippen LogP contribution in [0.2, 0.25) is 0 Å². The molecule has 5 aromatic rings. The molecule has 0 spiro atoms. The second-order valence-corrected chi connectivity index (χ2v) is 8.02. The van der Waals surface area contributed by atoms with Crippen LogP contribution in [-0.4, -0.2) is 28.4 Å². The van der Waals surface area contributed by atoms with Crippen molar-refractivity contribution in [3.63, 3.8) is 0 Å². The molecule has 6 rings (SSSR count). The fraction of sp³-hybridized carbons (Fsp3) is 0.111. The molecule has 3 N–H and O–H groups in total. The van der Waals surface area contributed by atoms with Crippen LogP contribution in [-0.2, 0) is 9.47 Å². The molecule has 1 fully saturated rings. The van der Waals surface area contributed by atoms with Gasteiger partial charge in [-0.1, -0.05) is 36.4 Å². The Labute approximate surface area is 196 Å². The minimum absolute atomic E-state index is 0.342. The Kier molecular flexibility index (Phi) is 5.18. The smallest absolute Gasteiger partial charge is 0.184 e. The molecule has 0 bridgehead atoms. The number of fused-ring (bicyclic) bond motifs is 1. The predicted octanol–water partition coefficient (Wildman–Crippen LogP) is 5.71. The Hall–Kier alpha value is -4.20. The van der Waals surface area contributed by atoms with Crippen LogP contribution in [0.4, 0.5) is 5.82 Å². The second-order valence-electron chi connectivity index (χ2n) is 8.02. The Morgan fingerprint density at radius 2 is 1.62 bits per heavy atom. The summed E-state index contributed by atoms with van der Waals surface area (Å²) in [7, 11) is 0. The van der Waals surface area contributed by atoms with Crippen LogP contribution in [0.15, 0.2) is 85.1 Å². The molecular weight excluding hydrogens is 428 g/mol. The number of nitrogens with two attached hydrogens (primary N) is 1. The van der Waals surface area contributed by atoms with Crippen LogP contribution in [0.3, 0.4) is 0 Å². The van der Waals surface area contributed by atoms with Gasteiger partial charge in [-0.25, -0.2) is 0 Å². The number of nitrogen functional groups attached to an aromatic ring is 1. The van der Waals surface area contributed by atoms with E-state index in [0.29, 0.717) is 19.0 Å². The summed E-state index contributed by atoms with van der Waals surface area (Å²) in [6, 6.07) is 25.5. The second kappa shape index (κ2) is 8.62. The summed E-state index contributed by atoms with van der Waals surface area (Å²) in [5.41, 5.74) is 11.6. The zero-order chi connectivity index (χ0) is 22.9. The summed E-state index contributed by atoms with van der Waals surface area (Å²) in [4.78, 5) is 4.78. The quantitative estimate of drug-likeness (QED) is 0.356. The summed E-state index contributed by atoms with van der Waals surface area (Å²) in [6.07, 6.45) is 1.50. The van der Waals surface area contributed by atoms with Gasteiger partial charge in [-0.3, -0.25) is 10.1 Å². The Balaban J connectivity index is 1.36. The number of nitrogens with zero attached hydrogens (tertiary/aromatic N) is 2. The first-order valence-corrected chi connectivity index (χ1v) is 11.1. The molecule has 3 aromatic carbocycles. The molecule has 2 aromatic heterocycles. The molecule has 0 unspecified atom stereocenters. The zero-order valence-electron chi connectivity index (χ0n) is 18.3. The van der Waals surface area contributed by atoms with Crippen molar-refractivity contribution in [3.05, 3.63) is 90.6 Å². The van der Waals surface area contributed by atoms with Crippen LogP contribution < -0.4 is 10.5 Å². The highest BCUT2D eigenvalue weighted by molar-refractivity contribution is 6.06. The summed E-state index contributed by atoms with van der Waals surface area (Å²) in [5, 5.41) is 8.16. The summed E-state index contributed by atoms with van der Waals surface area (Å²) < 4.78 is 17.2. The molecule has 1 aliphatic heterocycles. The van der Waals surface area contributed by atoms with Crippen molar-refractivity contribution in [1.82, 2.24) is 15.2 Å². The van der Waals surface area contributed by atoms with E-state index in [9.17, 15) is 0 Å². The molecule has 168 valence electrons. The van der Waals surface area contributed by atoms with Crippen molar-refractivity contribution < 1.29 is 14.2 Å². The van der Waals surface area contributed by atoms with Crippen molar-refractivity contribution in [3.8, 4) is 33.9 Å². The SMILES string of the molecule is Nc1n[nH]c2c(-c3cccc(C4OCCO4)c3)cnc(-c3ccc(Oc4ccccc4)cc3)c12. The molecule has 0 saturated carbocycles. The van der Waals surface area contributed by atoms with E-state index >= 15 is 0 Å². The number of nitrogens with one attached hydrogen (secondary N) is 1. The van der Waals surface area contributed by atoms with Gasteiger partial charge in [0.15, 0.2) is 12.1 Å². The van der Waals surface area contributed by atoms with Crippen LogP contribution in [0.1, 0.15) is 11.9 Å². The highest BCUT2D eigenvalue weighted by atomic mass is 16.7. The Morgan fingerprint density at radius 1 is 0.853 bits per heavy atom. The van der Waals surface area contributed by atoms with E-state index < -0.39 is 0 Å². The number of hydrogen-bond donors (Lipinski definition) is 2. The van der Waals surface area contributed by atoms with Gasteiger partial charge in [-0.05, 0) is 48.0 Å². The number of rotatable bonds is 5. The number of aromatic nitrogens is 3. The Morgan fingerprint density at radius 3 is 2.41 bits per heavy atom. The van der Waals surface area contributed by atoms with Crippen LogP contribution >= 0.6 is 0 Å². The van der Waals surface area contributed by atoms with Crippen molar-refractivity contribution in [2.75, 3.05) is 18.9 Å². The third-order valence-electron chi connectivity index (χ3n) is 5.82. The molecule has 0 amide bonds. The Bertz CT molecular complexity index is 1440. The predicted molar refractivity (Wildman–Crippen MR) is 130 cm³/mol. The van der Waals surface area contributed by atoms with Crippen LogP contribution in [0.25, 0.3) is 33.3 Å². The van der Waals surface area contributed by atoms with E-state index in [1.165, 1.54) is 0 Å². The van der Waals surface area contributed by atoms with E-state index in [1.807, 2.05) is 79.0 Å². The molecule has 7 nitrogen and oxygen atoms in total. The molecule has 0 atom stereocenters. The zero-order valence-corrected chi connectivity index (χ0v) is 18.3. The maximum atomic E-state index is 6.28. The fourth-order valence-corrected chi connectivity index (χ4v) is 4.20. The van der Waals surface area contributed by atoms with Crippen molar-refractivity contribution >= 4 is 16.7 Å². The summed E-state index contributed by atoms with van der Waals surface area (Å²) in [5.74, 6) is 1.94. The first-order valence-electron chi connectivity index (χ1n) is 11.1. The lowest BCUT2D eigenvalue weighted by atomic mass is 10.00. The molecule has 7 heteroatoms. The van der Waals surface area contributed by atoms with Gasteiger partial charge < -0.3 is 19.9 Å². The van der Waals surface area contributed by atoms with Gasteiger partial charge in [0, 0.05) is 22.9 Å². The van der Waals surface area contributed by atoms with Crippen molar-refractivity contribution in [2.45, 2.75) is 6.29 Å². The van der Waals surface area contributed by atoms with E-state index in [0.717, 1.165) is 50.3 Å². The minimum Gasteiger partial charge on any atom is -0.457 e. The highest BCUT2D eigenvalue weighted by Crippen LogP contribution is 2.37. The van der Waals surface area contributed by atoms with E-state index in [4.69, 9.17) is 24.9 Å². The third-order valence-corrected chi connectivity index (χ3v) is 5.82. The number of H-pyrrole nitrogens is 1. The average Bonchev–Trinajstić information content (AvgIpc) is 3.56. The maximum absolute atomic E-state index is 6.28. The first kappa shape index (κ1) is 20.4. The van der Waals surface area contributed by atoms with Gasteiger partial charge in [0.25, 0.3) is 0 Å². The van der Waals surface area contributed by atoms with E-state index in [2.05, 4.69) is 16.3 Å². The van der Waals surface area contributed by atoms with E-state index in [1.54, 1.807) is 0 Å². The molecule has 1 aliphatic rings. The van der Waals surface area contributed by atoms with Gasteiger partial charge in [0.05, 0.1) is 29.8 Å².